The van der Waals surface area contributed by atoms with Crippen molar-refractivity contribution in [2.24, 2.45) is 0 Å². The number of likely N-dealkylation sites (tertiary alicyclic amines) is 1. The van der Waals surface area contributed by atoms with E-state index in [-0.39, 0.29) is 35.4 Å². The number of phenolic OH excluding ortho intramolecular Hbond substituents is 1. The van der Waals surface area contributed by atoms with Crippen LogP contribution in [0.2, 0.25) is 0 Å². The molecule has 0 amide bonds. The number of nitrogens with one attached hydrogen (secondary N) is 2. The molecule has 1 fully saturated rings. The number of aromatic amines is 1. The Hall–Kier alpha value is -1.61. The van der Waals surface area contributed by atoms with Crippen LogP contribution in [0.15, 0.2) is 41.2 Å². The zero-order valence-electron chi connectivity index (χ0n) is 17.2. The fraction of sp³-hybridized carbons (Fsp3) is 0.409. The van der Waals surface area contributed by atoms with E-state index in [1.165, 1.54) is 43.1 Å². The first-order valence-corrected chi connectivity index (χ1v) is 11.0. The number of aliphatic hydroxyl groups excluding tert-OH is 1. The number of aromatic nitrogens is 1. The van der Waals surface area contributed by atoms with Crippen molar-refractivity contribution in [1.82, 2.24) is 15.2 Å². The van der Waals surface area contributed by atoms with Gasteiger partial charge in [-0.05, 0) is 56.1 Å². The van der Waals surface area contributed by atoms with Gasteiger partial charge in [-0.15, -0.1) is 24.8 Å². The van der Waals surface area contributed by atoms with Gasteiger partial charge in [-0.2, -0.15) is 0 Å². The summed E-state index contributed by atoms with van der Waals surface area (Å²) in [6, 6.07) is 11.9. The zero-order chi connectivity index (χ0) is 20.2. The lowest BCUT2D eigenvalue weighted by Crippen LogP contribution is -2.24. The summed E-state index contributed by atoms with van der Waals surface area (Å²) in [4.78, 5) is 16.5. The standard InChI is InChI=1S/C22H27N3O3S.2ClH/c26-18-7-6-17(21-20(18)24-22(28)29-21)19(27)13-23-9-8-15-4-3-5-16(12-15)14-25-10-1-2-11-25;;/h3-7,12,19,23,26-27H,1-2,8-11,13-14H2,(H,24,28);2*1H. The minimum absolute atomic E-state index is 0. The average molecular weight is 486 g/mol. The molecule has 6 nitrogen and oxygen atoms in total. The maximum atomic E-state index is 11.6. The Bertz CT molecular complexity index is 1030. The minimum Gasteiger partial charge on any atom is -0.506 e. The van der Waals surface area contributed by atoms with Gasteiger partial charge in [0.25, 0.3) is 0 Å². The van der Waals surface area contributed by atoms with Crippen molar-refractivity contribution in [3.63, 3.8) is 0 Å². The van der Waals surface area contributed by atoms with Crippen LogP contribution in [-0.2, 0) is 13.0 Å². The summed E-state index contributed by atoms with van der Waals surface area (Å²) < 4.78 is 0.610. The number of hydrogen-bond acceptors (Lipinski definition) is 6. The molecule has 1 saturated heterocycles. The van der Waals surface area contributed by atoms with Gasteiger partial charge in [-0.25, -0.2) is 0 Å². The monoisotopic (exact) mass is 485 g/mol. The molecule has 1 unspecified atom stereocenters. The maximum Gasteiger partial charge on any atom is 0.305 e. The van der Waals surface area contributed by atoms with Gasteiger partial charge in [0.15, 0.2) is 0 Å². The van der Waals surface area contributed by atoms with Crippen molar-refractivity contribution in [1.29, 1.82) is 0 Å². The Kier molecular flexibility index (Phi) is 9.81. The van der Waals surface area contributed by atoms with E-state index < -0.39 is 6.10 Å². The first-order valence-electron chi connectivity index (χ1n) is 10.1. The third-order valence-electron chi connectivity index (χ3n) is 5.47. The van der Waals surface area contributed by atoms with E-state index in [2.05, 4.69) is 39.5 Å². The lowest BCUT2D eigenvalue weighted by Gasteiger charge is -2.15. The number of aliphatic hydroxyl groups is 1. The van der Waals surface area contributed by atoms with Crippen molar-refractivity contribution in [2.75, 3.05) is 26.2 Å². The largest absolute Gasteiger partial charge is 0.506 e. The van der Waals surface area contributed by atoms with Crippen molar-refractivity contribution in [3.8, 4) is 5.75 Å². The van der Waals surface area contributed by atoms with Gasteiger partial charge >= 0.3 is 4.87 Å². The number of aromatic hydroxyl groups is 1. The van der Waals surface area contributed by atoms with Gasteiger partial charge in [-0.1, -0.05) is 41.7 Å². The molecule has 0 spiro atoms. The van der Waals surface area contributed by atoms with Crippen molar-refractivity contribution < 1.29 is 10.2 Å². The van der Waals surface area contributed by atoms with Gasteiger partial charge in [-0.3, -0.25) is 9.69 Å². The number of phenols is 1. The molecule has 1 aliphatic heterocycles. The number of nitrogens with zero attached hydrogens (tertiary/aromatic N) is 1. The Morgan fingerprint density at radius 3 is 2.65 bits per heavy atom. The quantitative estimate of drug-likeness (QED) is 0.366. The lowest BCUT2D eigenvalue weighted by molar-refractivity contribution is 0.176. The number of thiazole rings is 1. The fourth-order valence-corrected chi connectivity index (χ4v) is 4.88. The number of hydrogen-bond donors (Lipinski definition) is 4. The molecule has 9 heteroatoms. The molecular weight excluding hydrogens is 457 g/mol. The van der Waals surface area contributed by atoms with E-state index in [4.69, 9.17) is 0 Å². The summed E-state index contributed by atoms with van der Waals surface area (Å²) in [5.41, 5.74) is 3.70. The Labute approximate surface area is 198 Å². The fourth-order valence-electron chi connectivity index (χ4n) is 3.97. The van der Waals surface area contributed by atoms with E-state index in [1.54, 1.807) is 6.07 Å². The van der Waals surface area contributed by atoms with Crippen LogP contribution in [0.3, 0.4) is 0 Å². The number of H-pyrrole nitrogens is 1. The van der Waals surface area contributed by atoms with Crippen molar-refractivity contribution in [2.45, 2.75) is 31.9 Å². The van der Waals surface area contributed by atoms with Gasteiger partial charge in [0.05, 0.1) is 10.8 Å². The maximum absolute atomic E-state index is 11.6. The highest BCUT2D eigenvalue weighted by Crippen LogP contribution is 2.31. The van der Waals surface area contributed by atoms with Crippen LogP contribution in [0.1, 0.15) is 35.6 Å². The van der Waals surface area contributed by atoms with Crippen molar-refractivity contribution in [3.05, 3.63) is 62.8 Å². The molecule has 0 saturated carbocycles. The van der Waals surface area contributed by atoms with Crippen LogP contribution < -0.4 is 10.2 Å². The molecule has 2 heterocycles. The SMILES string of the molecule is Cl.Cl.O=c1[nH]c2c(O)ccc(C(O)CNCCc3cccc(CN4CCCC4)c3)c2s1. The van der Waals surface area contributed by atoms with Crippen LogP contribution in [0.25, 0.3) is 10.2 Å². The highest BCUT2D eigenvalue weighted by molar-refractivity contribution is 7.16. The summed E-state index contributed by atoms with van der Waals surface area (Å²) in [7, 11) is 0. The second-order valence-corrected chi connectivity index (χ2v) is 8.65. The molecule has 1 aliphatic rings. The van der Waals surface area contributed by atoms with Crippen LogP contribution in [0.4, 0.5) is 0 Å². The van der Waals surface area contributed by atoms with Gasteiger partial charge in [0, 0.05) is 18.7 Å². The molecule has 2 aromatic carbocycles. The third kappa shape index (κ3) is 6.44. The Morgan fingerprint density at radius 1 is 1.13 bits per heavy atom. The van der Waals surface area contributed by atoms with Crippen LogP contribution >= 0.6 is 36.2 Å². The number of benzene rings is 2. The smallest absolute Gasteiger partial charge is 0.305 e. The first-order chi connectivity index (χ1) is 14.1. The molecule has 3 aromatic rings. The summed E-state index contributed by atoms with van der Waals surface area (Å²) >= 11 is 1.01. The van der Waals surface area contributed by atoms with E-state index in [0.717, 1.165) is 30.8 Å². The first kappa shape index (κ1) is 25.6. The van der Waals surface area contributed by atoms with Gasteiger partial charge < -0.3 is 20.5 Å². The van der Waals surface area contributed by atoms with Crippen LogP contribution in [0, 0.1) is 0 Å². The predicted octanol–water partition coefficient (Wildman–Crippen LogP) is 3.60. The normalized spacial score (nSPS) is 14.9. The highest BCUT2D eigenvalue weighted by atomic mass is 35.5. The lowest BCUT2D eigenvalue weighted by atomic mass is 10.1. The average Bonchev–Trinajstić information content (AvgIpc) is 3.35. The highest BCUT2D eigenvalue weighted by Gasteiger charge is 2.16. The third-order valence-corrected chi connectivity index (χ3v) is 6.40. The second kappa shape index (κ2) is 11.9. The topological polar surface area (TPSA) is 88.6 Å². The molecular formula is C22H29Cl2N3O3S. The molecule has 0 aliphatic carbocycles. The van der Waals surface area contributed by atoms with E-state index in [1.807, 2.05) is 0 Å². The zero-order valence-corrected chi connectivity index (χ0v) is 19.6. The molecule has 0 radical (unpaired) electrons. The summed E-state index contributed by atoms with van der Waals surface area (Å²) in [5.74, 6) is 0.0241. The summed E-state index contributed by atoms with van der Waals surface area (Å²) in [6.07, 6.45) is 2.76. The van der Waals surface area contributed by atoms with E-state index >= 15 is 0 Å². The molecule has 170 valence electrons. The number of rotatable bonds is 8. The molecule has 0 bridgehead atoms. The summed E-state index contributed by atoms with van der Waals surface area (Å²) in [5, 5.41) is 23.7. The molecule has 4 N–H and O–H groups in total. The van der Waals surface area contributed by atoms with Crippen LogP contribution in [0.5, 0.6) is 5.75 Å². The Morgan fingerprint density at radius 2 is 1.87 bits per heavy atom. The number of fused-ring (bicyclic) bond motifs is 1. The predicted molar refractivity (Wildman–Crippen MR) is 131 cm³/mol. The molecule has 1 aromatic heterocycles. The minimum atomic E-state index is -0.744. The van der Waals surface area contributed by atoms with E-state index in [9.17, 15) is 15.0 Å². The number of halogens is 2. The van der Waals surface area contributed by atoms with Crippen LogP contribution in [-0.4, -0.2) is 46.3 Å². The van der Waals surface area contributed by atoms with Crippen molar-refractivity contribution >= 4 is 46.4 Å². The van der Waals surface area contributed by atoms with Gasteiger partial charge in [0.1, 0.15) is 11.3 Å². The van der Waals surface area contributed by atoms with E-state index in [0.29, 0.717) is 22.3 Å². The molecule has 4 rings (SSSR count). The van der Waals surface area contributed by atoms with Gasteiger partial charge in [0.2, 0.25) is 0 Å². The Balaban J connectivity index is 0.00000171. The molecule has 1 atom stereocenters. The molecule has 31 heavy (non-hydrogen) atoms. The second-order valence-electron chi connectivity index (χ2n) is 7.67. The summed E-state index contributed by atoms with van der Waals surface area (Å²) in [6.45, 7) is 4.57.